The van der Waals surface area contributed by atoms with Gasteiger partial charge in [-0.25, -0.2) is 0 Å². The van der Waals surface area contributed by atoms with E-state index in [-0.39, 0.29) is 11.7 Å². The zero-order valence-corrected chi connectivity index (χ0v) is 13.0. The summed E-state index contributed by atoms with van der Waals surface area (Å²) >= 11 is 0. The fourth-order valence-corrected chi connectivity index (χ4v) is 3.91. The number of likely N-dealkylation sites (tertiary alicyclic amines) is 1. The molecule has 4 rings (SSSR count). The number of halogens is 2. The average Bonchev–Trinajstić information content (AvgIpc) is 2.96. The van der Waals surface area contributed by atoms with Crippen LogP contribution in [-0.4, -0.2) is 35.5 Å². The highest BCUT2D eigenvalue weighted by molar-refractivity contribution is 5.99. The molecule has 2 heterocycles. The molecule has 1 aromatic heterocycles. The number of amides is 1. The van der Waals surface area contributed by atoms with Crippen molar-refractivity contribution in [2.75, 3.05) is 13.1 Å². The molecule has 1 aliphatic carbocycles. The molecule has 0 bridgehead atoms. The van der Waals surface area contributed by atoms with Crippen LogP contribution in [0.5, 0.6) is 5.75 Å². The molecule has 122 valence electrons. The second-order valence-electron chi connectivity index (χ2n) is 7.02. The molecular formula is C17H18F2N2O2. The maximum Gasteiger partial charge on any atom is 0.387 e. The number of ether oxygens (including phenoxy) is 1. The van der Waals surface area contributed by atoms with Crippen molar-refractivity contribution in [3.63, 3.8) is 0 Å². The summed E-state index contributed by atoms with van der Waals surface area (Å²) in [4.78, 5) is 17.5. The van der Waals surface area contributed by atoms with Gasteiger partial charge in [0.15, 0.2) is 0 Å². The van der Waals surface area contributed by atoms with Crippen molar-refractivity contribution < 1.29 is 18.3 Å². The van der Waals surface area contributed by atoms with Gasteiger partial charge in [-0.15, -0.1) is 0 Å². The van der Waals surface area contributed by atoms with E-state index in [4.69, 9.17) is 0 Å². The smallest absolute Gasteiger partial charge is 0.387 e. The SMILES string of the molecule is CC1(C)C2CN(C(=O)c3cc4c(OC(F)F)cccc4[nH]3)CC21. The molecule has 23 heavy (non-hydrogen) atoms. The third kappa shape index (κ3) is 2.19. The Balaban J connectivity index is 1.59. The first-order chi connectivity index (χ1) is 10.9. The molecule has 2 aliphatic rings. The number of H-pyrrole nitrogens is 1. The van der Waals surface area contributed by atoms with Crippen LogP contribution in [0.25, 0.3) is 10.9 Å². The topological polar surface area (TPSA) is 45.3 Å². The van der Waals surface area contributed by atoms with Gasteiger partial charge < -0.3 is 14.6 Å². The summed E-state index contributed by atoms with van der Waals surface area (Å²) in [5.41, 5.74) is 1.38. The second-order valence-corrected chi connectivity index (χ2v) is 7.02. The van der Waals surface area contributed by atoms with Crippen LogP contribution in [0.15, 0.2) is 24.3 Å². The molecule has 2 fully saturated rings. The molecule has 4 nitrogen and oxygen atoms in total. The largest absolute Gasteiger partial charge is 0.434 e. The molecule has 2 unspecified atom stereocenters. The van der Waals surface area contributed by atoms with Gasteiger partial charge in [0.25, 0.3) is 5.91 Å². The first kappa shape index (κ1) is 14.5. The molecule has 2 aromatic rings. The summed E-state index contributed by atoms with van der Waals surface area (Å²) < 4.78 is 29.5. The van der Waals surface area contributed by atoms with Gasteiger partial charge in [0.2, 0.25) is 0 Å². The quantitative estimate of drug-likeness (QED) is 0.941. The maximum absolute atomic E-state index is 12.6. The molecule has 1 aliphatic heterocycles. The van der Waals surface area contributed by atoms with Crippen molar-refractivity contribution in [2.45, 2.75) is 20.5 Å². The summed E-state index contributed by atoms with van der Waals surface area (Å²) in [5, 5.41) is 0.501. The lowest BCUT2D eigenvalue weighted by atomic mass is 10.1. The van der Waals surface area contributed by atoms with Crippen LogP contribution >= 0.6 is 0 Å². The Morgan fingerprint density at radius 1 is 1.35 bits per heavy atom. The molecule has 0 spiro atoms. The minimum atomic E-state index is -2.89. The van der Waals surface area contributed by atoms with E-state index in [2.05, 4.69) is 23.6 Å². The van der Waals surface area contributed by atoms with E-state index in [9.17, 15) is 13.6 Å². The Morgan fingerprint density at radius 2 is 2.04 bits per heavy atom. The monoisotopic (exact) mass is 320 g/mol. The van der Waals surface area contributed by atoms with Crippen molar-refractivity contribution in [1.82, 2.24) is 9.88 Å². The Bertz CT molecular complexity index is 770. The van der Waals surface area contributed by atoms with Gasteiger partial charge in [-0.2, -0.15) is 8.78 Å². The maximum atomic E-state index is 12.6. The number of carbonyl (C=O) groups excluding carboxylic acids is 1. The van der Waals surface area contributed by atoms with Crippen molar-refractivity contribution in [1.29, 1.82) is 0 Å². The Labute approximate surface area is 132 Å². The van der Waals surface area contributed by atoms with Crippen LogP contribution in [-0.2, 0) is 0 Å². The number of hydrogen-bond acceptors (Lipinski definition) is 2. The zero-order valence-electron chi connectivity index (χ0n) is 13.0. The van der Waals surface area contributed by atoms with Crippen LogP contribution in [0.2, 0.25) is 0 Å². The van der Waals surface area contributed by atoms with E-state index >= 15 is 0 Å². The van der Waals surface area contributed by atoms with E-state index < -0.39 is 6.61 Å². The molecule has 1 amide bonds. The van der Waals surface area contributed by atoms with E-state index in [1.807, 2.05) is 4.90 Å². The van der Waals surface area contributed by atoms with Crippen LogP contribution < -0.4 is 4.74 Å². The molecular weight excluding hydrogens is 302 g/mol. The lowest BCUT2D eigenvalue weighted by molar-refractivity contribution is -0.0487. The molecule has 2 atom stereocenters. The molecule has 0 radical (unpaired) electrons. The molecule has 1 saturated heterocycles. The number of nitrogens with one attached hydrogen (secondary N) is 1. The Kier molecular flexibility index (Phi) is 2.95. The first-order valence-corrected chi connectivity index (χ1v) is 7.73. The number of nitrogens with zero attached hydrogens (tertiary/aromatic N) is 1. The number of carbonyl (C=O) groups is 1. The Hall–Kier alpha value is -2.11. The van der Waals surface area contributed by atoms with Gasteiger partial charge in [-0.05, 0) is 35.4 Å². The summed E-state index contributed by atoms with van der Waals surface area (Å²) in [6.07, 6.45) is 0. The van der Waals surface area contributed by atoms with E-state index in [1.165, 1.54) is 6.07 Å². The second kappa shape index (κ2) is 4.69. The minimum Gasteiger partial charge on any atom is -0.434 e. The predicted molar refractivity (Wildman–Crippen MR) is 81.6 cm³/mol. The van der Waals surface area contributed by atoms with Gasteiger partial charge in [-0.3, -0.25) is 4.79 Å². The number of benzene rings is 1. The lowest BCUT2D eigenvalue weighted by Crippen LogP contribution is -2.33. The number of fused-ring (bicyclic) bond motifs is 2. The number of piperidine rings is 1. The van der Waals surface area contributed by atoms with Crippen molar-refractivity contribution in [3.05, 3.63) is 30.0 Å². The third-order valence-electron chi connectivity index (χ3n) is 5.48. The summed E-state index contributed by atoms with van der Waals surface area (Å²) in [6.45, 7) is 3.13. The average molecular weight is 320 g/mol. The number of rotatable bonds is 3. The van der Waals surface area contributed by atoms with Crippen molar-refractivity contribution in [3.8, 4) is 5.75 Å². The first-order valence-electron chi connectivity index (χ1n) is 7.73. The standard InChI is InChI=1S/C17H18F2N2O2/c1-17(2)10-7-21(8-11(10)17)15(22)13-6-9-12(20-13)4-3-5-14(9)23-16(18)19/h3-6,10-11,16,20H,7-8H2,1-2H3. The molecule has 6 heteroatoms. The molecule has 1 aromatic carbocycles. The number of hydrogen-bond donors (Lipinski definition) is 1. The number of aromatic amines is 1. The fourth-order valence-electron chi connectivity index (χ4n) is 3.91. The van der Waals surface area contributed by atoms with E-state index in [0.717, 1.165) is 13.1 Å². The normalized spacial score (nSPS) is 25.0. The van der Waals surface area contributed by atoms with Gasteiger partial charge in [0.05, 0.1) is 0 Å². The summed E-state index contributed by atoms with van der Waals surface area (Å²) in [5.74, 6) is 1.16. The molecule has 1 N–H and O–H groups in total. The van der Waals surface area contributed by atoms with Gasteiger partial charge in [0.1, 0.15) is 11.4 Å². The van der Waals surface area contributed by atoms with Crippen molar-refractivity contribution in [2.24, 2.45) is 17.3 Å². The van der Waals surface area contributed by atoms with Gasteiger partial charge in [-0.1, -0.05) is 19.9 Å². The highest BCUT2D eigenvalue weighted by Gasteiger charge is 2.62. The van der Waals surface area contributed by atoms with Crippen LogP contribution in [0, 0.1) is 17.3 Å². The number of alkyl halides is 2. The van der Waals surface area contributed by atoms with Gasteiger partial charge in [0, 0.05) is 24.0 Å². The van der Waals surface area contributed by atoms with Crippen LogP contribution in [0.3, 0.4) is 0 Å². The molecule has 1 saturated carbocycles. The fraction of sp³-hybridized carbons (Fsp3) is 0.471. The lowest BCUT2D eigenvalue weighted by Gasteiger charge is -2.21. The predicted octanol–water partition coefficient (Wildman–Crippen LogP) is 3.50. The number of aromatic nitrogens is 1. The summed E-state index contributed by atoms with van der Waals surface area (Å²) in [6, 6.07) is 6.45. The zero-order chi connectivity index (χ0) is 16.4. The van der Waals surface area contributed by atoms with Gasteiger partial charge >= 0.3 is 6.61 Å². The minimum absolute atomic E-state index is 0.0767. The third-order valence-corrected chi connectivity index (χ3v) is 5.48. The highest BCUT2D eigenvalue weighted by Crippen LogP contribution is 2.62. The van der Waals surface area contributed by atoms with Crippen molar-refractivity contribution >= 4 is 16.8 Å². The summed E-state index contributed by atoms with van der Waals surface area (Å²) in [7, 11) is 0. The van der Waals surface area contributed by atoms with Crippen LogP contribution in [0.1, 0.15) is 24.3 Å². The van der Waals surface area contributed by atoms with Crippen LogP contribution in [0.4, 0.5) is 8.78 Å². The Morgan fingerprint density at radius 3 is 2.70 bits per heavy atom. The van der Waals surface area contributed by atoms with E-state index in [0.29, 0.717) is 33.8 Å². The highest BCUT2D eigenvalue weighted by atomic mass is 19.3. The van der Waals surface area contributed by atoms with E-state index in [1.54, 1.807) is 18.2 Å².